The molecule has 0 aliphatic carbocycles. The van der Waals surface area contributed by atoms with Crippen molar-refractivity contribution < 1.29 is 0 Å². The normalized spacial score (nSPS) is 13.1. The van der Waals surface area contributed by atoms with Gasteiger partial charge in [-0.25, -0.2) is 0 Å². The fourth-order valence-electron chi connectivity index (χ4n) is 1.60. The minimum absolute atomic E-state index is 1.20. The van der Waals surface area contributed by atoms with Crippen LogP contribution in [0, 0.1) is 12.5 Å². The summed E-state index contributed by atoms with van der Waals surface area (Å²) in [5.74, 6) is 0. The summed E-state index contributed by atoms with van der Waals surface area (Å²) in [5, 5.41) is 0. The molecule has 0 saturated carbocycles. The van der Waals surface area contributed by atoms with Gasteiger partial charge in [-0.15, -0.1) is 0 Å². The smallest absolute Gasteiger partial charge is 0.0228 e. The monoisotopic (exact) mass is 196 g/mol. The Bertz CT molecular complexity index is 387. The molecule has 0 bridgehead atoms. The van der Waals surface area contributed by atoms with Crippen molar-refractivity contribution >= 4 is 11.8 Å². The first-order valence-corrected chi connectivity index (χ1v) is 5.37. The van der Waals surface area contributed by atoms with Gasteiger partial charge in [0.05, 0.1) is 0 Å². The second-order valence-electron chi connectivity index (χ2n) is 3.23. The summed E-state index contributed by atoms with van der Waals surface area (Å²) in [6.07, 6.45) is 2.20. The summed E-state index contributed by atoms with van der Waals surface area (Å²) in [7, 11) is 0. The lowest BCUT2D eigenvalue weighted by atomic mass is 10.0. The zero-order valence-electron chi connectivity index (χ0n) is 7.53. The molecule has 2 radical (unpaired) electrons. The zero-order chi connectivity index (χ0) is 9.38. The number of benzene rings is 2. The molecule has 1 heterocycles. The van der Waals surface area contributed by atoms with E-state index in [0.717, 1.165) is 0 Å². The molecule has 2 aromatic carbocycles. The molecule has 66 valence electrons. The van der Waals surface area contributed by atoms with Gasteiger partial charge in [0.1, 0.15) is 0 Å². The van der Waals surface area contributed by atoms with Crippen molar-refractivity contribution in [2.75, 3.05) is 0 Å². The van der Waals surface area contributed by atoms with Crippen molar-refractivity contribution in [3.8, 4) is 0 Å². The Morgan fingerprint density at radius 2 is 1.79 bits per heavy atom. The molecule has 3 rings (SSSR count). The third kappa shape index (κ3) is 1.25. The topological polar surface area (TPSA) is 0 Å². The van der Waals surface area contributed by atoms with Crippen molar-refractivity contribution in [3.63, 3.8) is 0 Å². The van der Waals surface area contributed by atoms with E-state index in [1.807, 2.05) is 23.9 Å². The maximum atomic E-state index is 3.25. The molecule has 14 heavy (non-hydrogen) atoms. The highest BCUT2D eigenvalue weighted by Crippen LogP contribution is 2.39. The van der Waals surface area contributed by atoms with Gasteiger partial charge in [0, 0.05) is 16.2 Å². The molecule has 0 amide bonds. The summed E-state index contributed by atoms with van der Waals surface area (Å²) in [6.45, 7) is 0. The molecule has 0 spiro atoms. The van der Waals surface area contributed by atoms with Crippen LogP contribution in [0.3, 0.4) is 0 Å². The van der Waals surface area contributed by atoms with Crippen molar-refractivity contribution in [3.05, 3.63) is 66.1 Å². The van der Waals surface area contributed by atoms with E-state index in [4.69, 9.17) is 0 Å². The first-order valence-electron chi connectivity index (χ1n) is 4.56. The molecule has 1 aliphatic heterocycles. The quantitative estimate of drug-likeness (QED) is 0.530. The molecule has 2 aromatic rings. The van der Waals surface area contributed by atoms with Crippen molar-refractivity contribution in [2.45, 2.75) is 9.79 Å². The lowest BCUT2D eigenvalue weighted by Gasteiger charge is -2.17. The second kappa shape index (κ2) is 3.18. The molecule has 0 aromatic heterocycles. The number of hydrogen-bond donors (Lipinski definition) is 0. The van der Waals surface area contributed by atoms with Gasteiger partial charge in [-0.3, -0.25) is 0 Å². The molecule has 0 nitrogen and oxygen atoms in total. The minimum Gasteiger partial charge on any atom is -0.0895 e. The first-order chi connectivity index (χ1) is 6.93. The van der Waals surface area contributed by atoms with E-state index in [1.54, 1.807) is 0 Å². The zero-order valence-corrected chi connectivity index (χ0v) is 8.34. The fourth-order valence-corrected chi connectivity index (χ4v) is 2.61. The van der Waals surface area contributed by atoms with Crippen LogP contribution < -0.4 is 0 Å². The Hall–Kier alpha value is -1.21. The standard InChI is InChI=1S/C13H8S/c1-3-7-12-10(5-1)9-11-6-2-4-8-13(11)14-12/h1-5,7-9H. The molecule has 0 fully saturated rings. The lowest BCUT2D eigenvalue weighted by Crippen LogP contribution is -1.96. The van der Waals surface area contributed by atoms with Crippen LogP contribution in [0.2, 0.25) is 0 Å². The van der Waals surface area contributed by atoms with Crippen LogP contribution in [0.5, 0.6) is 0 Å². The molecule has 1 heteroatoms. The van der Waals surface area contributed by atoms with Crippen LogP contribution >= 0.6 is 11.8 Å². The van der Waals surface area contributed by atoms with Crippen molar-refractivity contribution in [1.29, 1.82) is 0 Å². The summed E-state index contributed by atoms with van der Waals surface area (Å²) in [5.41, 5.74) is 2.50. The summed E-state index contributed by atoms with van der Waals surface area (Å²) in [6, 6.07) is 17.9. The van der Waals surface area contributed by atoms with Gasteiger partial charge in [0.15, 0.2) is 0 Å². The van der Waals surface area contributed by atoms with Gasteiger partial charge in [0.25, 0.3) is 0 Å². The van der Waals surface area contributed by atoms with Crippen LogP contribution in [0.4, 0.5) is 0 Å². The van der Waals surface area contributed by atoms with E-state index in [-0.39, 0.29) is 0 Å². The third-order valence-electron chi connectivity index (χ3n) is 2.29. The van der Waals surface area contributed by atoms with Gasteiger partial charge in [-0.1, -0.05) is 42.1 Å². The van der Waals surface area contributed by atoms with Gasteiger partial charge < -0.3 is 0 Å². The lowest BCUT2D eigenvalue weighted by molar-refractivity contribution is 1.21. The van der Waals surface area contributed by atoms with Crippen LogP contribution in [0.25, 0.3) is 0 Å². The van der Waals surface area contributed by atoms with Crippen LogP contribution in [-0.4, -0.2) is 0 Å². The Balaban J connectivity index is 2.12. The number of fused-ring (bicyclic) bond motifs is 2. The average Bonchev–Trinajstić information content (AvgIpc) is 2.26. The first kappa shape index (κ1) is 8.13. The molecule has 0 atom stereocenters. The van der Waals surface area contributed by atoms with E-state index >= 15 is 0 Å². The van der Waals surface area contributed by atoms with Gasteiger partial charge in [-0.05, 0) is 29.3 Å². The van der Waals surface area contributed by atoms with Gasteiger partial charge in [-0.2, -0.15) is 0 Å². The fraction of sp³-hybridized carbons (Fsp3) is 0. The molecule has 0 N–H and O–H groups in total. The van der Waals surface area contributed by atoms with E-state index in [0.29, 0.717) is 0 Å². The summed E-state index contributed by atoms with van der Waals surface area (Å²) < 4.78 is 0. The Kier molecular flexibility index (Phi) is 1.84. The summed E-state index contributed by atoms with van der Waals surface area (Å²) in [4.78, 5) is 2.63. The van der Waals surface area contributed by atoms with Crippen molar-refractivity contribution in [1.82, 2.24) is 0 Å². The second-order valence-corrected chi connectivity index (χ2v) is 4.32. The SMILES string of the molecule is [c]1cccc2c1[CH]c1ccccc1S2. The molecule has 0 saturated heterocycles. The highest BCUT2D eigenvalue weighted by molar-refractivity contribution is 7.99. The van der Waals surface area contributed by atoms with Gasteiger partial charge in [0.2, 0.25) is 0 Å². The Labute approximate surface area is 88.0 Å². The van der Waals surface area contributed by atoms with E-state index < -0.39 is 0 Å². The Morgan fingerprint density at radius 1 is 0.929 bits per heavy atom. The van der Waals surface area contributed by atoms with E-state index in [9.17, 15) is 0 Å². The predicted molar refractivity (Wildman–Crippen MR) is 58.3 cm³/mol. The van der Waals surface area contributed by atoms with Crippen LogP contribution in [0.15, 0.2) is 52.3 Å². The van der Waals surface area contributed by atoms with Gasteiger partial charge >= 0.3 is 0 Å². The predicted octanol–water partition coefficient (Wildman–Crippen LogP) is 3.55. The number of rotatable bonds is 0. The number of hydrogen-bond acceptors (Lipinski definition) is 1. The largest absolute Gasteiger partial charge is 0.0895 e. The average molecular weight is 196 g/mol. The molecular weight excluding hydrogens is 188 g/mol. The highest BCUT2D eigenvalue weighted by atomic mass is 32.2. The van der Waals surface area contributed by atoms with Crippen LogP contribution in [0.1, 0.15) is 11.1 Å². The maximum absolute atomic E-state index is 3.25. The molecule has 1 aliphatic rings. The minimum atomic E-state index is 1.20. The Morgan fingerprint density at radius 3 is 2.79 bits per heavy atom. The molecular formula is C13H8S. The van der Waals surface area contributed by atoms with E-state index in [2.05, 4.69) is 42.8 Å². The van der Waals surface area contributed by atoms with E-state index in [1.165, 1.54) is 20.9 Å². The summed E-state index contributed by atoms with van der Waals surface area (Å²) >= 11 is 1.82. The van der Waals surface area contributed by atoms with Crippen LogP contribution in [-0.2, 0) is 0 Å². The third-order valence-corrected chi connectivity index (χ3v) is 3.45. The highest BCUT2D eigenvalue weighted by Gasteiger charge is 2.14. The maximum Gasteiger partial charge on any atom is 0.0228 e. The van der Waals surface area contributed by atoms with Crippen molar-refractivity contribution in [2.24, 2.45) is 0 Å². The molecule has 0 unspecified atom stereocenters.